The maximum absolute atomic E-state index is 12.9. The lowest BCUT2D eigenvalue weighted by Gasteiger charge is -2.46. The molecular formula is C25H27ClN2O. The SMILES string of the molecule is O=C(Nc1cc2c3c(c1)[C@@H]1CCC[C@H]1CN3C[C@@H]1CCC[C@@H]21)c1ccc(Cl)cc1. The molecule has 2 aliphatic carbocycles. The zero-order valence-electron chi connectivity index (χ0n) is 16.7. The van der Waals surface area contributed by atoms with E-state index >= 15 is 0 Å². The van der Waals surface area contributed by atoms with E-state index in [1.807, 2.05) is 0 Å². The number of benzene rings is 2. The summed E-state index contributed by atoms with van der Waals surface area (Å²) in [6.07, 6.45) is 7.98. The molecule has 4 atom stereocenters. The largest absolute Gasteiger partial charge is 0.370 e. The third-order valence-corrected chi connectivity index (χ3v) is 8.13. The first-order valence-corrected chi connectivity index (χ1v) is 11.5. The lowest BCUT2D eigenvalue weighted by molar-refractivity contribution is 0.102. The number of hydrogen-bond donors (Lipinski definition) is 1. The second-order valence-electron chi connectivity index (χ2n) is 9.46. The maximum Gasteiger partial charge on any atom is 0.255 e. The van der Waals surface area contributed by atoms with Gasteiger partial charge in [-0.1, -0.05) is 24.4 Å². The number of carbonyl (C=O) groups excluding carboxylic acids is 1. The van der Waals surface area contributed by atoms with Crippen molar-refractivity contribution >= 4 is 28.9 Å². The fourth-order valence-electron chi connectivity index (χ4n) is 6.64. The van der Waals surface area contributed by atoms with Crippen LogP contribution in [0.15, 0.2) is 36.4 Å². The van der Waals surface area contributed by atoms with Gasteiger partial charge in [0.25, 0.3) is 5.91 Å². The molecule has 2 aromatic carbocycles. The molecular weight excluding hydrogens is 380 g/mol. The van der Waals surface area contributed by atoms with Crippen LogP contribution in [0, 0.1) is 11.8 Å². The van der Waals surface area contributed by atoms with Gasteiger partial charge in [0, 0.05) is 35.1 Å². The minimum absolute atomic E-state index is 0.0526. The van der Waals surface area contributed by atoms with Crippen LogP contribution in [0.2, 0.25) is 5.02 Å². The summed E-state index contributed by atoms with van der Waals surface area (Å²) in [6, 6.07) is 11.7. The van der Waals surface area contributed by atoms with Gasteiger partial charge >= 0.3 is 0 Å². The number of hydrogen-bond acceptors (Lipinski definition) is 2. The number of fused-ring (bicyclic) bond motifs is 4. The van der Waals surface area contributed by atoms with Gasteiger partial charge in [0.15, 0.2) is 0 Å². The summed E-state index contributed by atoms with van der Waals surface area (Å²) in [4.78, 5) is 15.6. The molecule has 1 amide bonds. The normalized spacial score (nSPS) is 29.2. The van der Waals surface area contributed by atoms with Crippen molar-refractivity contribution in [2.45, 2.75) is 50.4 Å². The molecule has 0 unspecified atom stereocenters. The van der Waals surface area contributed by atoms with Crippen molar-refractivity contribution in [1.29, 1.82) is 0 Å². The summed E-state index contributed by atoms with van der Waals surface area (Å²) in [5, 5.41) is 3.85. The number of anilines is 2. The van der Waals surface area contributed by atoms with Crippen LogP contribution in [0.25, 0.3) is 0 Å². The molecule has 2 fully saturated rings. The number of carbonyl (C=O) groups is 1. The van der Waals surface area contributed by atoms with E-state index in [2.05, 4.69) is 22.3 Å². The fraction of sp³-hybridized carbons (Fsp3) is 0.480. The second kappa shape index (κ2) is 6.77. The third kappa shape index (κ3) is 2.89. The monoisotopic (exact) mass is 406 g/mol. The van der Waals surface area contributed by atoms with Crippen LogP contribution in [0.5, 0.6) is 0 Å². The molecule has 2 heterocycles. The molecule has 6 rings (SSSR count). The topological polar surface area (TPSA) is 32.3 Å². The smallest absolute Gasteiger partial charge is 0.255 e. The Balaban J connectivity index is 1.41. The van der Waals surface area contributed by atoms with Gasteiger partial charge in [-0.25, -0.2) is 0 Å². The third-order valence-electron chi connectivity index (χ3n) is 7.88. The average molecular weight is 407 g/mol. The van der Waals surface area contributed by atoms with Gasteiger partial charge in [0.05, 0.1) is 0 Å². The molecule has 4 heteroatoms. The quantitative estimate of drug-likeness (QED) is 0.644. The van der Waals surface area contributed by atoms with Gasteiger partial charge in [0.2, 0.25) is 0 Å². The summed E-state index contributed by atoms with van der Waals surface area (Å²) >= 11 is 5.98. The molecule has 4 aliphatic rings. The zero-order chi connectivity index (χ0) is 19.5. The van der Waals surface area contributed by atoms with Gasteiger partial charge < -0.3 is 10.2 Å². The first kappa shape index (κ1) is 17.8. The Hall–Kier alpha value is -2.00. The molecule has 3 nitrogen and oxygen atoms in total. The number of amides is 1. The highest BCUT2D eigenvalue weighted by atomic mass is 35.5. The molecule has 0 bridgehead atoms. The van der Waals surface area contributed by atoms with E-state index in [1.54, 1.807) is 24.3 Å². The Morgan fingerprint density at radius 2 is 1.48 bits per heavy atom. The highest BCUT2D eigenvalue weighted by Crippen LogP contribution is 2.56. The van der Waals surface area contributed by atoms with Crippen molar-refractivity contribution in [3.8, 4) is 0 Å². The van der Waals surface area contributed by atoms with Crippen LogP contribution in [0.3, 0.4) is 0 Å². The van der Waals surface area contributed by atoms with Gasteiger partial charge in [0.1, 0.15) is 0 Å². The molecule has 1 N–H and O–H groups in total. The summed E-state index contributed by atoms with van der Waals surface area (Å²) in [5.41, 5.74) is 6.17. The first-order chi connectivity index (χ1) is 14.2. The second-order valence-corrected chi connectivity index (χ2v) is 9.90. The molecule has 2 aliphatic heterocycles. The molecule has 2 saturated carbocycles. The van der Waals surface area contributed by atoms with E-state index in [0.29, 0.717) is 22.4 Å². The van der Waals surface area contributed by atoms with Crippen molar-refractivity contribution < 1.29 is 4.79 Å². The van der Waals surface area contributed by atoms with Crippen molar-refractivity contribution in [2.75, 3.05) is 23.3 Å². The van der Waals surface area contributed by atoms with Gasteiger partial charge in [-0.05, 0) is 96.9 Å². The van der Waals surface area contributed by atoms with Crippen LogP contribution in [-0.2, 0) is 0 Å². The fourth-order valence-corrected chi connectivity index (χ4v) is 6.77. The summed E-state index contributed by atoms with van der Waals surface area (Å²) in [7, 11) is 0. The van der Waals surface area contributed by atoms with E-state index < -0.39 is 0 Å². The van der Waals surface area contributed by atoms with Gasteiger partial charge in [-0.2, -0.15) is 0 Å². The van der Waals surface area contributed by atoms with Crippen LogP contribution in [0.4, 0.5) is 11.4 Å². The number of nitrogens with one attached hydrogen (secondary N) is 1. The van der Waals surface area contributed by atoms with Crippen molar-refractivity contribution in [2.24, 2.45) is 11.8 Å². The minimum atomic E-state index is -0.0526. The Morgan fingerprint density at radius 3 is 2.07 bits per heavy atom. The predicted octanol–water partition coefficient (Wildman–Crippen LogP) is 6.19. The van der Waals surface area contributed by atoms with Gasteiger partial charge in [-0.3, -0.25) is 4.79 Å². The maximum atomic E-state index is 12.9. The minimum Gasteiger partial charge on any atom is -0.370 e. The Labute approximate surface area is 177 Å². The molecule has 0 saturated heterocycles. The average Bonchev–Trinajstić information content (AvgIpc) is 3.38. The predicted molar refractivity (Wildman–Crippen MR) is 118 cm³/mol. The van der Waals surface area contributed by atoms with Crippen LogP contribution < -0.4 is 10.2 Å². The number of rotatable bonds is 2. The van der Waals surface area contributed by atoms with Crippen molar-refractivity contribution in [3.63, 3.8) is 0 Å². The van der Waals surface area contributed by atoms with E-state index in [-0.39, 0.29) is 5.91 Å². The summed E-state index contributed by atoms with van der Waals surface area (Å²) in [6.45, 7) is 2.48. The highest BCUT2D eigenvalue weighted by Gasteiger charge is 2.44. The Bertz CT molecular complexity index is 924. The van der Waals surface area contributed by atoms with E-state index in [0.717, 1.165) is 17.5 Å². The molecule has 0 spiro atoms. The highest BCUT2D eigenvalue weighted by molar-refractivity contribution is 6.30. The summed E-state index contributed by atoms with van der Waals surface area (Å²) in [5.74, 6) is 2.87. The van der Waals surface area contributed by atoms with Crippen molar-refractivity contribution in [3.05, 3.63) is 58.1 Å². The standard InChI is InChI=1S/C25H27ClN2O/c26-18-9-7-15(8-10-18)25(29)27-19-11-22-20-5-1-3-16(20)13-28-14-17-4-2-6-21(17)23(12-19)24(22)28/h7-12,16-17,20-21H,1-6,13-14H2,(H,27,29)/t16-,17-,20+,21+/m0/s1. The summed E-state index contributed by atoms with van der Waals surface area (Å²) < 4.78 is 0. The van der Waals surface area contributed by atoms with Crippen LogP contribution >= 0.6 is 11.6 Å². The number of nitrogens with zero attached hydrogens (tertiary/aromatic N) is 1. The Morgan fingerprint density at radius 1 is 0.897 bits per heavy atom. The Kier molecular flexibility index (Phi) is 4.16. The lowest BCUT2D eigenvalue weighted by atomic mass is 9.75. The van der Waals surface area contributed by atoms with Crippen LogP contribution in [0.1, 0.15) is 71.8 Å². The molecule has 2 aromatic rings. The van der Waals surface area contributed by atoms with E-state index in [4.69, 9.17) is 11.6 Å². The molecule has 150 valence electrons. The van der Waals surface area contributed by atoms with Crippen molar-refractivity contribution in [1.82, 2.24) is 0 Å². The van der Waals surface area contributed by atoms with Gasteiger partial charge in [-0.15, -0.1) is 0 Å². The molecule has 0 radical (unpaired) electrons. The molecule has 29 heavy (non-hydrogen) atoms. The molecule has 0 aromatic heterocycles. The first-order valence-electron chi connectivity index (χ1n) is 11.2. The lowest BCUT2D eigenvalue weighted by Crippen LogP contribution is -2.43. The van der Waals surface area contributed by atoms with E-state index in [1.165, 1.54) is 68.4 Å². The van der Waals surface area contributed by atoms with E-state index in [9.17, 15) is 4.79 Å². The number of halogens is 1. The zero-order valence-corrected chi connectivity index (χ0v) is 17.4. The van der Waals surface area contributed by atoms with Crippen LogP contribution in [-0.4, -0.2) is 19.0 Å².